The number of aryl methyl sites for hydroxylation is 1. The summed E-state index contributed by atoms with van der Waals surface area (Å²) in [6.45, 7) is 0. The lowest BCUT2D eigenvalue weighted by Gasteiger charge is -2.15. The highest BCUT2D eigenvalue weighted by Gasteiger charge is 2.24. The van der Waals surface area contributed by atoms with Gasteiger partial charge in [-0.2, -0.15) is 0 Å². The van der Waals surface area contributed by atoms with Gasteiger partial charge in [0.25, 0.3) is 5.91 Å². The molecule has 0 fully saturated rings. The zero-order valence-corrected chi connectivity index (χ0v) is 12.7. The predicted molar refractivity (Wildman–Crippen MR) is 87.6 cm³/mol. The number of benzene rings is 2. The number of hydrogen-bond donors (Lipinski definition) is 2. The van der Waals surface area contributed by atoms with Crippen LogP contribution in [0.15, 0.2) is 47.4 Å². The lowest BCUT2D eigenvalue weighted by atomic mass is 10.1. The zero-order valence-electron chi connectivity index (χ0n) is 11.9. The van der Waals surface area contributed by atoms with E-state index in [2.05, 4.69) is 5.32 Å². The van der Waals surface area contributed by atoms with Gasteiger partial charge in [0, 0.05) is 10.6 Å². The number of fused-ring (bicyclic) bond motifs is 1. The van der Waals surface area contributed by atoms with Gasteiger partial charge in [0.05, 0.1) is 11.6 Å². The number of amides is 1. The Morgan fingerprint density at radius 3 is 2.90 bits per heavy atom. The highest BCUT2D eigenvalue weighted by molar-refractivity contribution is 7.98. The molecule has 1 amide bonds. The van der Waals surface area contributed by atoms with Gasteiger partial charge in [-0.25, -0.2) is 0 Å². The van der Waals surface area contributed by atoms with Gasteiger partial charge in [0.1, 0.15) is 0 Å². The van der Waals surface area contributed by atoms with Crippen molar-refractivity contribution in [2.45, 2.75) is 23.8 Å². The van der Waals surface area contributed by atoms with Crippen molar-refractivity contribution in [3.05, 3.63) is 59.2 Å². The van der Waals surface area contributed by atoms with Crippen LogP contribution in [0.25, 0.3) is 0 Å². The highest BCUT2D eigenvalue weighted by atomic mass is 32.2. The van der Waals surface area contributed by atoms with Crippen molar-refractivity contribution in [2.24, 2.45) is 0 Å². The summed E-state index contributed by atoms with van der Waals surface area (Å²) in [4.78, 5) is 13.5. The maximum Gasteiger partial charge on any atom is 0.252 e. The smallest absolute Gasteiger partial charge is 0.252 e. The lowest BCUT2D eigenvalue weighted by Crippen LogP contribution is -2.27. The van der Waals surface area contributed by atoms with Crippen molar-refractivity contribution in [3.8, 4) is 0 Å². The topological polar surface area (TPSA) is 55.1 Å². The summed E-state index contributed by atoms with van der Waals surface area (Å²) >= 11 is 1.59. The largest absolute Gasteiger partial charge is 0.399 e. The summed E-state index contributed by atoms with van der Waals surface area (Å²) in [5.74, 6) is -0.00498. The van der Waals surface area contributed by atoms with Gasteiger partial charge >= 0.3 is 0 Å². The summed E-state index contributed by atoms with van der Waals surface area (Å²) < 4.78 is 0. The van der Waals surface area contributed by atoms with Crippen LogP contribution in [0.2, 0.25) is 0 Å². The molecule has 0 bridgehead atoms. The second kappa shape index (κ2) is 5.82. The number of nitrogens with one attached hydrogen (secondary N) is 1. The molecule has 1 atom stereocenters. The van der Waals surface area contributed by atoms with Gasteiger partial charge in [0.15, 0.2) is 0 Å². The first-order valence-corrected chi connectivity index (χ1v) is 8.23. The summed E-state index contributed by atoms with van der Waals surface area (Å²) in [5.41, 5.74) is 9.79. The highest BCUT2D eigenvalue weighted by Crippen LogP contribution is 2.33. The molecule has 0 aromatic heterocycles. The van der Waals surface area contributed by atoms with Crippen LogP contribution in [0.3, 0.4) is 0 Å². The first-order chi connectivity index (χ1) is 10.2. The standard InChI is InChI=1S/C17H18N2OS/c1-21-16-5-3-2-4-14(16)17(20)19-15-9-6-11-10-12(18)7-8-13(11)15/h2-5,7-8,10,15H,6,9,18H2,1H3,(H,19,20). The third-order valence-corrected chi connectivity index (χ3v) is 4.70. The van der Waals surface area contributed by atoms with Crippen LogP contribution in [0.5, 0.6) is 0 Å². The molecule has 0 saturated carbocycles. The number of rotatable bonds is 3. The van der Waals surface area contributed by atoms with Gasteiger partial charge in [-0.1, -0.05) is 18.2 Å². The first-order valence-electron chi connectivity index (χ1n) is 7.01. The zero-order chi connectivity index (χ0) is 14.8. The van der Waals surface area contributed by atoms with Crippen LogP contribution < -0.4 is 11.1 Å². The molecule has 1 unspecified atom stereocenters. The summed E-state index contributed by atoms with van der Waals surface area (Å²) in [6, 6.07) is 13.7. The maximum absolute atomic E-state index is 12.5. The van der Waals surface area contributed by atoms with E-state index >= 15 is 0 Å². The fourth-order valence-electron chi connectivity index (χ4n) is 2.86. The molecule has 0 heterocycles. The average Bonchev–Trinajstić information content (AvgIpc) is 2.89. The van der Waals surface area contributed by atoms with Gasteiger partial charge in [0.2, 0.25) is 0 Å². The fraction of sp³-hybridized carbons (Fsp3) is 0.235. The molecular formula is C17H18N2OS. The van der Waals surface area contributed by atoms with Gasteiger partial charge < -0.3 is 11.1 Å². The second-order valence-corrected chi connectivity index (χ2v) is 6.07. The quantitative estimate of drug-likeness (QED) is 0.674. The minimum Gasteiger partial charge on any atom is -0.399 e. The van der Waals surface area contributed by atoms with E-state index in [1.165, 1.54) is 11.1 Å². The van der Waals surface area contributed by atoms with Crippen molar-refractivity contribution in [1.82, 2.24) is 5.32 Å². The molecule has 108 valence electrons. The van der Waals surface area contributed by atoms with Crippen molar-refractivity contribution < 1.29 is 4.79 Å². The van der Waals surface area contributed by atoms with Crippen LogP contribution in [0.4, 0.5) is 5.69 Å². The molecule has 2 aromatic carbocycles. The van der Waals surface area contributed by atoms with Crippen molar-refractivity contribution >= 4 is 23.4 Å². The Balaban J connectivity index is 1.81. The SMILES string of the molecule is CSc1ccccc1C(=O)NC1CCc2cc(N)ccc21. The summed E-state index contributed by atoms with van der Waals surface area (Å²) in [6.07, 6.45) is 3.89. The lowest BCUT2D eigenvalue weighted by molar-refractivity contribution is 0.0934. The van der Waals surface area contributed by atoms with E-state index in [0.717, 1.165) is 29.0 Å². The number of nitrogens with two attached hydrogens (primary N) is 1. The monoisotopic (exact) mass is 298 g/mol. The average molecular weight is 298 g/mol. The molecule has 0 aliphatic heterocycles. The third-order valence-electron chi connectivity index (χ3n) is 3.90. The number of carbonyl (C=O) groups excluding carboxylic acids is 1. The molecule has 4 heteroatoms. The molecule has 3 nitrogen and oxygen atoms in total. The van der Waals surface area contributed by atoms with E-state index in [1.807, 2.05) is 48.7 Å². The van der Waals surface area contributed by atoms with Crippen LogP contribution in [-0.4, -0.2) is 12.2 Å². The molecule has 0 spiro atoms. The van der Waals surface area contributed by atoms with Crippen LogP contribution in [0, 0.1) is 0 Å². The van der Waals surface area contributed by atoms with Crippen molar-refractivity contribution in [1.29, 1.82) is 0 Å². The minimum absolute atomic E-state index is 0.00498. The number of nitrogen functional groups attached to an aromatic ring is 1. The predicted octanol–water partition coefficient (Wildman–Crippen LogP) is 3.41. The molecule has 1 aliphatic carbocycles. The summed E-state index contributed by atoms with van der Waals surface area (Å²) in [7, 11) is 0. The Hall–Kier alpha value is -1.94. The van der Waals surface area contributed by atoms with E-state index in [1.54, 1.807) is 11.8 Å². The molecule has 0 saturated heterocycles. The minimum atomic E-state index is -0.00498. The maximum atomic E-state index is 12.5. The second-order valence-electron chi connectivity index (χ2n) is 5.22. The Morgan fingerprint density at radius 2 is 2.10 bits per heavy atom. The number of hydrogen-bond acceptors (Lipinski definition) is 3. The van der Waals surface area contributed by atoms with E-state index < -0.39 is 0 Å². The van der Waals surface area contributed by atoms with Gasteiger partial charge in [-0.3, -0.25) is 4.79 Å². The van der Waals surface area contributed by atoms with E-state index in [9.17, 15) is 4.79 Å². The number of anilines is 1. The Morgan fingerprint density at radius 1 is 1.29 bits per heavy atom. The molecule has 1 aliphatic rings. The van der Waals surface area contributed by atoms with Crippen LogP contribution in [0.1, 0.15) is 33.9 Å². The first kappa shape index (κ1) is 14.0. The van der Waals surface area contributed by atoms with Crippen LogP contribution in [-0.2, 0) is 6.42 Å². The van der Waals surface area contributed by atoms with Crippen LogP contribution >= 0.6 is 11.8 Å². The van der Waals surface area contributed by atoms with Gasteiger partial charge in [-0.05, 0) is 54.5 Å². The Bertz CT molecular complexity index is 684. The van der Waals surface area contributed by atoms with Crippen molar-refractivity contribution in [3.63, 3.8) is 0 Å². The number of carbonyl (C=O) groups is 1. The van der Waals surface area contributed by atoms with Crippen molar-refractivity contribution in [2.75, 3.05) is 12.0 Å². The molecule has 3 rings (SSSR count). The molecule has 21 heavy (non-hydrogen) atoms. The normalized spacial score (nSPS) is 16.5. The van der Waals surface area contributed by atoms with E-state index in [4.69, 9.17) is 5.73 Å². The number of thioether (sulfide) groups is 1. The molecule has 2 aromatic rings. The molecular weight excluding hydrogens is 280 g/mol. The molecule has 3 N–H and O–H groups in total. The Kier molecular flexibility index (Phi) is 3.88. The van der Waals surface area contributed by atoms with Gasteiger partial charge in [-0.15, -0.1) is 11.8 Å². The molecule has 0 radical (unpaired) electrons. The Labute approximate surface area is 128 Å². The third kappa shape index (κ3) is 2.76. The van der Waals surface area contributed by atoms with E-state index in [0.29, 0.717) is 0 Å². The van der Waals surface area contributed by atoms with E-state index in [-0.39, 0.29) is 11.9 Å². The summed E-state index contributed by atoms with van der Waals surface area (Å²) in [5, 5.41) is 3.15. The fourth-order valence-corrected chi connectivity index (χ4v) is 3.45.